The summed E-state index contributed by atoms with van der Waals surface area (Å²) >= 11 is 1.83. The highest BCUT2D eigenvalue weighted by Crippen LogP contribution is 2.15. The summed E-state index contributed by atoms with van der Waals surface area (Å²) in [5.41, 5.74) is 6.56. The van der Waals surface area contributed by atoms with E-state index in [4.69, 9.17) is 4.98 Å². The average molecular weight is 321 g/mol. The lowest BCUT2D eigenvalue weighted by Crippen LogP contribution is -1.99. The average Bonchev–Trinajstić information content (AvgIpc) is 2.97. The number of aromatic nitrogens is 1. The molecule has 0 fully saturated rings. The minimum atomic E-state index is 1.01. The van der Waals surface area contributed by atoms with Gasteiger partial charge in [0.15, 0.2) is 0 Å². The van der Waals surface area contributed by atoms with Crippen molar-refractivity contribution in [2.45, 2.75) is 39.5 Å². The third kappa shape index (κ3) is 4.77. The zero-order chi connectivity index (χ0) is 16.1. The Morgan fingerprint density at radius 2 is 1.48 bits per heavy atom. The lowest BCUT2D eigenvalue weighted by molar-refractivity contribution is 0.857. The molecule has 0 aliphatic rings. The van der Waals surface area contributed by atoms with Crippen LogP contribution in [0.1, 0.15) is 33.0 Å². The normalized spacial score (nSPS) is 10.9. The summed E-state index contributed by atoms with van der Waals surface area (Å²) in [4.78, 5) is 6.22. The number of thiophene rings is 1. The molecule has 1 nitrogen and oxygen atoms in total. The van der Waals surface area contributed by atoms with Gasteiger partial charge in [-0.1, -0.05) is 35.9 Å². The quantitative estimate of drug-likeness (QED) is 0.598. The SMILES string of the molecule is Cc1cccc(CCc2cccc(CCc3csc(C)c3)n2)c1. The van der Waals surface area contributed by atoms with Crippen molar-refractivity contribution in [1.82, 2.24) is 4.98 Å². The van der Waals surface area contributed by atoms with Crippen molar-refractivity contribution in [3.8, 4) is 0 Å². The van der Waals surface area contributed by atoms with E-state index in [9.17, 15) is 0 Å². The molecule has 1 aromatic carbocycles. The van der Waals surface area contributed by atoms with Gasteiger partial charge in [-0.25, -0.2) is 0 Å². The number of benzene rings is 1. The van der Waals surface area contributed by atoms with Crippen molar-refractivity contribution in [3.05, 3.63) is 86.9 Å². The summed E-state index contributed by atoms with van der Waals surface area (Å²) < 4.78 is 0. The lowest BCUT2D eigenvalue weighted by Gasteiger charge is -2.05. The van der Waals surface area contributed by atoms with Gasteiger partial charge in [0.05, 0.1) is 0 Å². The molecule has 0 amide bonds. The van der Waals surface area contributed by atoms with Gasteiger partial charge in [0.25, 0.3) is 0 Å². The van der Waals surface area contributed by atoms with Gasteiger partial charge in [0.1, 0.15) is 0 Å². The van der Waals surface area contributed by atoms with Crippen LogP contribution < -0.4 is 0 Å². The van der Waals surface area contributed by atoms with Crippen molar-refractivity contribution in [3.63, 3.8) is 0 Å². The highest BCUT2D eigenvalue weighted by Gasteiger charge is 2.02. The van der Waals surface area contributed by atoms with Crippen LogP contribution in [-0.4, -0.2) is 4.98 Å². The van der Waals surface area contributed by atoms with E-state index < -0.39 is 0 Å². The van der Waals surface area contributed by atoms with Crippen molar-refractivity contribution >= 4 is 11.3 Å². The number of hydrogen-bond acceptors (Lipinski definition) is 2. The molecule has 0 aliphatic carbocycles. The van der Waals surface area contributed by atoms with Crippen LogP contribution in [0.2, 0.25) is 0 Å². The number of aryl methyl sites for hydroxylation is 6. The molecule has 2 heteroatoms. The Kier molecular flexibility index (Phi) is 5.24. The van der Waals surface area contributed by atoms with Crippen molar-refractivity contribution < 1.29 is 0 Å². The predicted molar refractivity (Wildman–Crippen MR) is 99.3 cm³/mol. The first-order chi connectivity index (χ1) is 11.2. The second kappa shape index (κ2) is 7.56. The van der Waals surface area contributed by atoms with E-state index in [1.165, 1.54) is 33.0 Å². The van der Waals surface area contributed by atoms with Gasteiger partial charge in [0, 0.05) is 16.3 Å². The van der Waals surface area contributed by atoms with Crippen LogP contribution in [0.5, 0.6) is 0 Å². The third-order valence-corrected chi connectivity index (χ3v) is 4.98. The van der Waals surface area contributed by atoms with Crippen LogP contribution in [0.4, 0.5) is 0 Å². The van der Waals surface area contributed by atoms with E-state index in [1.807, 2.05) is 11.3 Å². The second-order valence-electron chi connectivity index (χ2n) is 6.17. The van der Waals surface area contributed by atoms with E-state index in [-0.39, 0.29) is 0 Å². The maximum atomic E-state index is 4.84. The molecule has 0 radical (unpaired) electrons. The minimum Gasteiger partial charge on any atom is -0.258 e. The minimum absolute atomic E-state index is 1.01. The third-order valence-electron chi connectivity index (χ3n) is 4.07. The van der Waals surface area contributed by atoms with Gasteiger partial charge in [-0.15, -0.1) is 11.3 Å². The van der Waals surface area contributed by atoms with E-state index in [0.717, 1.165) is 25.7 Å². The molecule has 0 spiro atoms. The Morgan fingerprint density at radius 1 is 0.783 bits per heavy atom. The van der Waals surface area contributed by atoms with Crippen molar-refractivity contribution in [2.75, 3.05) is 0 Å². The highest BCUT2D eigenvalue weighted by molar-refractivity contribution is 7.10. The standard InChI is InChI=1S/C21H23NS/c1-16-5-3-6-18(13-16)9-11-20-7-4-8-21(22-20)12-10-19-14-17(2)23-15-19/h3-8,13-15H,9-12H2,1-2H3. The number of nitrogens with zero attached hydrogens (tertiary/aromatic N) is 1. The molecular formula is C21H23NS. The summed E-state index contributed by atoms with van der Waals surface area (Å²) in [6, 6.07) is 17.5. The zero-order valence-electron chi connectivity index (χ0n) is 13.9. The summed E-state index contributed by atoms with van der Waals surface area (Å²) in [7, 11) is 0. The molecule has 23 heavy (non-hydrogen) atoms. The maximum absolute atomic E-state index is 4.84. The first-order valence-corrected chi connectivity index (χ1v) is 9.11. The molecule has 0 aliphatic heterocycles. The number of pyridine rings is 1. The zero-order valence-corrected chi connectivity index (χ0v) is 14.7. The fourth-order valence-corrected chi connectivity index (χ4v) is 3.59. The van der Waals surface area contributed by atoms with E-state index in [1.54, 1.807) is 0 Å². The topological polar surface area (TPSA) is 12.9 Å². The Bertz CT molecular complexity index is 773. The molecule has 2 heterocycles. The monoisotopic (exact) mass is 321 g/mol. The van der Waals surface area contributed by atoms with Crippen molar-refractivity contribution in [1.29, 1.82) is 0 Å². The summed E-state index contributed by atoms with van der Waals surface area (Å²) in [5, 5.41) is 2.26. The van der Waals surface area contributed by atoms with Gasteiger partial charge >= 0.3 is 0 Å². The Hall–Kier alpha value is -1.93. The molecule has 0 bridgehead atoms. The number of rotatable bonds is 6. The Labute approximate surface area is 143 Å². The maximum Gasteiger partial charge on any atom is 0.0410 e. The van der Waals surface area contributed by atoms with E-state index in [0.29, 0.717) is 0 Å². The summed E-state index contributed by atoms with van der Waals surface area (Å²) in [5.74, 6) is 0. The molecule has 0 atom stereocenters. The molecule has 0 unspecified atom stereocenters. The van der Waals surface area contributed by atoms with Crippen LogP contribution >= 0.6 is 11.3 Å². The number of hydrogen-bond donors (Lipinski definition) is 0. The first-order valence-electron chi connectivity index (χ1n) is 8.23. The smallest absolute Gasteiger partial charge is 0.0410 e. The molecular weight excluding hydrogens is 298 g/mol. The molecule has 2 aromatic heterocycles. The van der Waals surface area contributed by atoms with E-state index >= 15 is 0 Å². The lowest BCUT2D eigenvalue weighted by atomic mass is 10.0. The van der Waals surface area contributed by atoms with Crippen LogP contribution in [0.25, 0.3) is 0 Å². The largest absolute Gasteiger partial charge is 0.258 e. The molecule has 0 saturated carbocycles. The highest BCUT2D eigenvalue weighted by atomic mass is 32.1. The first kappa shape index (κ1) is 15.9. The Morgan fingerprint density at radius 3 is 2.13 bits per heavy atom. The molecule has 0 saturated heterocycles. The summed E-state index contributed by atoms with van der Waals surface area (Å²) in [6.45, 7) is 4.31. The van der Waals surface area contributed by atoms with Crippen LogP contribution in [0.3, 0.4) is 0 Å². The van der Waals surface area contributed by atoms with E-state index in [2.05, 4.69) is 67.8 Å². The van der Waals surface area contributed by atoms with Crippen LogP contribution in [0.15, 0.2) is 53.9 Å². The fraction of sp³-hybridized carbons (Fsp3) is 0.286. The van der Waals surface area contributed by atoms with Crippen molar-refractivity contribution in [2.24, 2.45) is 0 Å². The van der Waals surface area contributed by atoms with Gasteiger partial charge in [-0.3, -0.25) is 4.98 Å². The van der Waals surface area contributed by atoms with Crippen LogP contribution in [0, 0.1) is 13.8 Å². The molecule has 3 rings (SSSR count). The van der Waals surface area contributed by atoms with Crippen LogP contribution in [-0.2, 0) is 25.7 Å². The summed E-state index contributed by atoms with van der Waals surface area (Å²) in [6.07, 6.45) is 4.17. The van der Waals surface area contributed by atoms with Gasteiger partial charge in [-0.05, 0) is 74.2 Å². The predicted octanol–water partition coefficient (Wildman–Crippen LogP) is 5.33. The Balaban J connectivity index is 1.58. The molecule has 3 aromatic rings. The molecule has 118 valence electrons. The van der Waals surface area contributed by atoms with Gasteiger partial charge < -0.3 is 0 Å². The molecule has 0 N–H and O–H groups in total. The van der Waals surface area contributed by atoms with Gasteiger partial charge in [-0.2, -0.15) is 0 Å². The second-order valence-corrected chi connectivity index (χ2v) is 7.29. The van der Waals surface area contributed by atoms with Gasteiger partial charge in [0.2, 0.25) is 0 Å². The fourth-order valence-electron chi connectivity index (χ4n) is 2.85.